The van der Waals surface area contributed by atoms with E-state index in [-0.39, 0.29) is 11.5 Å². The van der Waals surface area contributed by atoms with Gasteiger partial charge in [-0.15, -0.1) is 0 Å². The van der Waals surface area contributed by atoms with E-state index in [1.54, 1.807) is 0 Å². The molecular formula is C15H13N3O2S. The van der Waals surface area contributed by atoms with Crippen LogP contribution in [0, 0.1) is 4.77 Å². The van der Waals surface area contributed by atoms with Gasteiger partial charge in [-0.25, -0.2) is 0 Å². The zero-order valence-electron chi connectivity index (χ0n) is 11.2. The summed E-state index contributed by atoms with van der Waals surface area (Å²) in [6.45, 7) is 0. The molecule has 6 heteroatoms. The number of nitrogens with one attached hydrogen (secondary N) is 3. The van der Waals surface area contributed by atoms with E-state index in [0.717, 1.165) is 16.9 Å². The molecule has 1 amide bonds. The summed E-state index contributed by atoms with van der Waals surface area (Å²) in [7, 11) is 0. The molecule has 3 N–H and O–H groups in total. The summed E-state index contributed by atoms with van der Waals surface area (Å²) in [6, 6.07) is 7.75. The molecule has 21 heavy (non-hydrogen) atoms. The van der Waals surface area contributed by atoms with Crippen LogP contribution in [-0.2, 0) is 23.1 Å². The standard InChI is InChI=1S/C15H13N3O2S/c19-12-8-5-6-15(7-11(8)17-14(21)18-12)9-3-1-2-4-10(9)16-13(15)20/h1-4H,5-7H2,(H,16,20)(H2,17,18,19,21). The van der Waals surface area contributed by atoms with Crippen molar-refractivity contribution in [1.29, 1.82) is 0 Å². The third-order valence-corrected chi connectivity index (χ3v) is 4.74. The third kappa shape index (κ3) is 1.65. The first-order valence-corrected chi connectivity index (χ1v) is 7.26. The maximum Gasteiger partial charge on any atom is 0.255 e. The lowest BCUT2D eigenvalue weighted by Gasteiger charge is -2.32. The molecular weight excluding hydrogens is 286 g/mol. The Kier molecular flexibility index (Phi) is 2.47. The minimum Gasteiger partial charge on any atom is -0.336 e. The molecule has 2 aromatic rings. The van der Waals surface area contributed by atoms with Crippen molar-refractivity contribution >= 4 is 23.8 Å². The first-order chi connectivity index (χ1) is 10.1. The highest BCUT2D eigenvalue weighted by Crippen LogP contribution is 2.45. The predicted octanol–water partition coefficient (Wildman–Crippen LogP) is 1.81. The number of benzene rings is 1. The molecule has 1 aromatic heterocycles. The number of H-pyrrole nitrogens is 2. The molecule has 0 bridgehead atoms. The second kappa shape index (κ2) is 4.14. The molecule has 1 atom stereocenters. The molecule has 2 heterocycles. The Morgan fingerprint density at radius 3 is 2.81 bits per heavy atom. The molecule has 1 spiro atoms. The highest BCUT2D eigenvalue weighted by molar-refractivity contribution is 7.71. The monoisotopic (exact) mass is 299 g/mol. The SMILES string of the molecule is O=C1Nc2ccccc2C12CCc1c([nH]c(=S)[nH]c1=O)C2. The van der Waals surface area contributed by atoms with Crippen molar-refractivity contribution in [2.24, 2.45) is 0 Å². The molecule has 106 valence electrons. The molecule has 0 saturated heterocycles. The van der Waals surface area contributed by atoms with E-state index < -0.39 is 5.41 Å². The van der Waals surface area contributed by atoms with Crippen molar-refractivity contribution in [3.63, 3.8) is 0 Å². The van der Waals surface area contributed by atoms with Gasteiger partial charge in [-0.3, -0.25) is 14.6 Å². The Balaban J connectivity index is 1.91. The van der Waals surface area contributed by atoms with Crippen molar-refractivity contribution in [2.45, 2.75) is 24.7 Å². The van der Waals surface area contributed by atoms with Gasteiger partial charge in [0.25, 0.3) is 5.56 Å². The number of rotatable bonds is 0. The van der Waals surface area contributed by atoms with Crippen molar-refractivity contribution < 1.29 is 4.79 Å². The van der Waals surface area contributed by atoms with Crippen LogP contribution in [0.1, 0.15) is 23.2 Å². The third-order valence-electron chi connectivity index (χ3n) is 4.54. The van der Waals surface area contributed by atoms with Gasteiger partial charge >= 0.3 is 0 Å². The number of hydrogen-bond donors (Lipinski definition) is 3. The van der Waals surface area contributed by atoms with E-state index in [1.807, 2.05) is 24.3 Å². The highest BCUT2D eigenvalue weighted by Gasteiger charge is 2.48. The van der Waals surface area contributed by atoms with E-state index in [0.29, 0.717) is 29.6 Å². The molecule has 0 fully saturated rings. The first-order valence-electron chi connectivity index (χ1n) is 6.85. The van der Waals surface area contributed by atoms with Crippen LogP contribution < -0.4 is 10.9 Å². The zero-order chi connectivity index (χ0) is 14.6. The Morgan fingerprint density at radius 1 is 1.14 bits per heavy atom. The van der Waals surface area contributed by atoms with Crippen LogP contribution in [-0.4, -0.2) is 15.9 Å². The molecule has 2 aliphatic rings. The lowest BCUT2D eigenvalue weighted by molar-refractivity contribution is -0.121. The van der Waals surface area contributed by atoms with Crippen LogP contribution in [0.15, 0.2) is 29.1 Å². The Hall–Kier alpha value is -2.21. The lowest BCUT2D eigenvalue weighted by Crippen LogP contribution is -2.42. The van der Waals surface area contributed by atoms with Gasteiger partial charge in [-0.2, -0.15) is 0 Å². The van der Waals surface area contributed by atoms with E-state index in [1.165, 1.54) is 0 Å². The number of carbonyl (C=O) groups excluding carboxylic acids is 1. The summed E-state index contributed by atoms with van der Waals surface area (Å²) in [5.74, 6) is 0.00829. The van der Waals surface area contributed by atoms with Crippen molar-refractivity contribution in [2.75, 3.05) is 5.32 Å². The maximum absolute atomic E-state index is 12.6. The average molecular weight is 299 g/mol. The average Bonchev–Trinajstić information content (AvgIpc) is 2.71. The van der Waals surface area contributed by atoms with E-state index >= 15 is 0 Å². The Bertz CT molecular complexity index is 883. The number of anilines is 1. The number of aromatic amines is 2. The van der Waals surface area contributed by atoms with Crippen LogP contribution in [0.4, 0.5) is 5.69 Å². The second-order valence-electron chi connectivity index (χ2n) is 5.62. The van der Waals surface area contributed by atoms with Gasteiger partial charge in [0.15, 0.2) is 4.77 Å². The Labute approximate surface area is 125 Å². The molecule has 1 aliphatic carbocycles. The fourth-order valence-corrected chi connectivity index (χ4v) is 3.72. The van der Waals surface area contributed by atoms with E-state index in [2.05, 4.69) is 15.3 Å². The molecule has 0 saturated carbocycles. The predicted molar refractivity (Wildman–Crippen MR) is 81.0 cm³/mol. The first kappa shape index (κ1) is 12.5. The summed E-state index contributed by atoms with van der Waals surface area (Å²) in [4.78, 5) is 30.2. The van der Waals surface area contributed by atoms with Crippen LogP contribution in [0.2, 0.25) is 0 Å². The molecule has 1 aliphatic heterocycles. The van der Waals surface area contributed by atoms with Gasteiger partial charge in [-0.05, 0) is 36.7 Å². The summed E-state index contributed by atoms with van der Waals surface area (Å²) < 4.78 is 0.308. The zero-order valence-corrected chi connectivity index (χ0v) is 12.0. The van der Waals surface area contributed by atoms with Gasteiger partial charge in [0.2, 0.25) is 5.91 Å². The quantitative estimate of drug-likeness (QED) is 0.649. The van der Waals surface area contributed by atoms with Gasteiger partial charge in [0.05, 0.1) is 5.41 Å². The van der Waals surface area contributed by atoms with Gasteiger partial charge in [0.1, 0.15) is 0 Å². The summed E-state index contributed by atoms with van der Waals surface area (Å²) in [5, 5.41) is 2.95. The van der Waals surface area contributed by atoms with Gasteiger partial charge in [0, 0.05) is 23.4 Å². The van der Waals surface area contributed by atoms with E-state index in [9.17, 15) is 9.59 Å². The summed E-state index contributed by atoms with van der Waals surface area (Å²) >= 11 is 5.04. The number of fused-ring (bicyclic) bond motifs is 3. The number of aromatic nitrogens is 2. The van der Waals surface area contributed by atoms with Crippen molar-refractivity contribution in [3.05, 3.63) is 56.2 Å². The highest BCUT2D eigenvalue weighted by atomic mass is 32.1. The number of carbonyl (C=O) groups is 1. The van der Waals surface area contributed by atoms with Crippen molar-refractivity contribution in [3.8, 4) is 0 Å². The van der Waals surface area contributed by atoms with Gasteiger partial charge in [-0.1, -0.05) is 18.2 Å². The second-order valence-corrected chi connectivity index (χ2v) is 6.03. The molecule has 1 unspecified atom stereocenters. The topological polar surface area (TPSA) is 77.8 Å². The van der Waals surface area contributed by atoms with Crippen LogP contribution in [0.25, 0.3) is 0 Å². The van der Waals surface area contributed by atoms with Crippen molar-refractivity contribution in [1.82, 2.24) is 9.97 Å². The normalized spacial score (nSPS) is 22.8. The van der Waals surface area contributed by atoms with Gasteiger partial charge < -0.3 is 10.3 Å². The Morgan fingerprint density at radius 2 is 1.95 bits per heavy atom. The fraction of sp³-hybridized carbons (Fsp3) is 0.267. The van der Waals surface area contributed by atoms with E-state index in [4.69, 9.17) is 12.2 Å². The fourth-order valence-electron chi connectivity index (χ4n) is 3.50. The molecule has 0 radical (unpaired) electrons. The smallest absolute Gasteiger partial charge is 0.255 e. The summed E-state index contributed by atoms with van der Waals surface area (Å²) in [5.41, 5.74) is 2.65. The number of para-hydroxylation sites is 1. The minimum atomic E-state index is -0.588. The van der Waals surface area contributed by atoms with Crippen LogP contribution in [0.3, 0.4) is 0 Å². The molecule has 5 nitrogen and oxygen atoms in total. The molecule has 4 rings (SSSR count). The maximum atomic E-state index is 12.6. The summed E-state index contributed by atoms with van der Waals surface area (Å²) in [6.07, 6.45) is 1.69. The van der Waals surface area contributed by atoms with Crippen LogP contribution >= 0.6 is 12.2 Å². The largest absolute Gasteiger partial charge is 0.336 e. The lowest BCUT2D eigenvalue weighted by atomic mass is 9.69. The number of hydrogen-bond acceptors (Lipinski definition) is 3. The van der Waals surface area contributed by atoms with Crippen LogP contribution in [0.5, 0.6) is 0 Å². The molecule has 1 aromatic carbocycles. The number of amides is 1. The minimum absolute atomic E-state index is 0.00829.